The van der Waals surface area contributed by atoms with Crippen molar-refractivity contribution in [2.45, 2.75) is 78.2 Å². The number of carbonyl (C=O) groups excluding carboxylic acids is 2. The van der Waals surface area contributed by atoms with Crippen LogP contribution in [0.5, 0.6) is 0 Å². The van der Waals surface area contributed by atoms with Crippen LogP contribution < -0.4 is 10.6 Å². The maximum atomic E-state index is 13.2. The summed E-state index contributed by atoms with van der Waals surface area (Å²) in [5.41, 5.74) is 0.850. The number of aliphatic hydroxyl groups excluding tert-OH is 1. The smallest absolute Gasteiger partial charge is 0.407 e. The van der Waals surface area contributed by atoms with Crippen LogP contribution >= 0.6 is 0 Å². The molecular weight excluding hydrogens is 505 g/mol. The number of rotatable bonds is 12. The fourth-order valence-corrected chi connectivity index (χ4v) is 3.76. The van der Waals surface area contributed by atoms with Crippen molar-refractivity contribution in [2.24, 2.45) is 5.41 Å². The molecule has 0 bridgehead atoms. The molecule has 0 aliphatic rings. The Morgan fingerprint density at radius 3 is 2.54 bits per heavy atom. The number of nitrogens with one attached hydrogen (secondary N) is 2. The van der Waals surface area contributed by atoms with Crippen LogP contribution in [-0.4, -0.2) is 50.5 Å². The molecule has 3 atom stereocenters. The molecule has 0 saturated heterocycles. The largest absolute Gasteiger partial charge is 0.445 e. The van der Waals surface area contributed by atoms with Crippen molar-refractivity contribution in [3.63, 3.8) is 0 Å². The molecule has 3 N–H and O–H groups in total. The van der Waals surface area contributed by atoms with Crippen LogP contribution in [0.1, 0.15) is 58.4 Å². The van der Waals surface area contributed by atoms with Crippen LogP contribution in [0.25, 0.3) is 11.5 Å². The summed E-state index contributed by atoms with van der Waals surface area (Å²) in [6.45, 7) is 7.88. The van der Waals surface area contributed by atoms with Crippen LogP contribution in [0.3, 0.4) is 0 Å². The lowest BCUT2D eigenvalue weighted by Crippen LogP contribution is -2.51. The first-order chi connectivity index (χ1) is 18.6. The van der Waals surface area contributed by atoms with Crippen molar-refractivity contribution in [1.29, 1.82) is 0 Å². The summed E-state index contributed by atoms with van der Waals surface area (Å²) in [5.74, 6) is -0.507. The van der Waals surface area contributed by atoms with Gasteiger partial charge in [0.1, 0.15) is 11.9 Å². The van der Waals surface area contributed by atoms with Gasteiger partial charge in [-0.1, -0.05) is 46.6 Å². The van der Waals surface area contributed by atoms with E-state index in [1.807, 2.05) is 33.8 Å². The SMILES string of the molecule is CCCC[C@H](NC(=O)O[C@H](Cc1nnc(-c2ccc(F)cc2)o1)C(C)(C)C)[C@@H](O)C(=O)NCc1cccnc1. The molecule has 2 amide bonds. The number of halogens is 1. The first-order valence-electron chi connectivity index (χ1n) is 13.0. The number of pyridine rings is 1. The molecule has 2 aromatic heterocycles. The van der Waals surface area contributed by atoms with Gasteiger partial charge in [-0.05, 0) is 47.7 Å². The van der Waals surface area contributed by atoms with E-state index in [1.54, 1.807) is 18.5 Å². The fourth-order valence-electron chi connectivity index (χ4n) is 3.76. The van der Waals surface area contributed by atoms with Crippen LogP contribution in [-0.2, 0) is 22.5 Å². The van der Waals surface area contributed by atoms with Crippen molar-refractivity contribution in [3.05, 3.63) is 66.1 Å². The van der Waals surface area contributed by atoms with Crippen LogP contribution in [0, 0.1) is 11.2 Å². The summed E-state index contributed by atoms with van der Waals surface area (Å²) in [6, 6.07) is 8.38. The molecule has 3 aromatic rings. The Kier molecular flexibility index (Phi) is 10.5. The maximum Gasteiger partial charge on any atom is 0.407 e. The van der Waals surface area contributed by atoms with Gasteiger partial charge in [0.05, 0.1) is 12.5 Å². The molecule has 0 saturated carbocycles. The Labute approximate surface area is 227 Å². The van der Waals surface area contributed by atoms with E-state index in [-0.39, 0.29) is 30.6 Å². The van der Waals surface area contributed by atoms with Gasteiger partial charge in [0.2, 0.25) is 11.8 Å². The van der Waals surface area contributed by atoms with Gasteiger partial charge in [0.15, 0.2) is 6.10 Å². The van der Waals surface area contributed by atoms with Crippen molar-refractivity contribution in [1.82, 2.24) is 25.8 Å². The lowest BCUT2D eigenvalue weighted by Gasteiger charge is -2.31. The molecule has 39 heavy (non-hydrogen) atoms. The molecule has 0 aliphatic heterocycles. The molecule has 3 rings (SSSR count). The average molecular weight is 542 g/mol. The summed E-state index contributed by atoms with van der Waals surface area (Å²) in [6.07, 6.45) is 2.37. The molecule has 0 radical (unpaired) electrons. The van der Waals surface area contributed by atoms with Crippen molar-refractivity contribution in [3.8, 4) is 11.5 Å². The third kappa shape index (κ3) is 9.13. The third-order valence-electron chi connectivity index (χ3n) is 6.14. The second kappa shape index (κ2) is 13.8. The molecule has 2 heterocycles. The highest BCUT2D eigenvalue weighted by Gasteiger charge is 2.33. The zero-order valence-electron chi connectivity index (χ0n) is 22.7. The normalized spacial score (nSPS) is 13.8. The predicted octanol–water partition coefficient (Wildman–Crippen LogP) is 4.19. The number of nitrogens with zero attached hydrogens (tertiary/aromatic N) is 3. The highest BCUT2D eigenvalue weighted by molar-refractivity contribution is 5.82. The van der Waals surface area contributed by atoms with Gasteiger partial charge in [-0.3, -0.25) is 9.78 Å². The Morgan fingerprint density at radius 2 is 1.90 bits per heavy atom. The van der Waals surface area contributed by atoms with E-state index in [9.17, 15) is 19.1 Å². The third-order valence-corrected chi connectivity index (χ3v) is 6.14. The summed E-state index contributed by atoms with van der Waals surface area (Å²) < 4.78 is 24.7. The average Bonchev–Trinajstić information content (AvgIpc) is 3.38. The van der Waals surface area contributed by atoms with Gasteiger partial charge in [0, 0.05) is 24.5 Å². The summed E-state index contributed by atoms with van der Waals surface area (Å²) >= 11 is 0. The Bertz CT molecular complexity index is 1200. The number of aromatic nitrogens is 3. The Hall–Kier alpha value is -3.86. The zero-order chi connectivity index (χ0) is 28.4. The number of unbranched alkanes of at least 4 members (excludes halogenated alkanes) is 1. The fraction of sp³-hybridized carbons (Fsp3) is 0.464. The van der Waals surface area contributed by atoms with Gasteiger partial charge in [0.25, 0.3) is 5.91 Å². The topological polar surface area (TPSA) is 139 Å². The maximum absolute atomic E-state index is 13.2. The number of amides is 2. The monoisotopic (exact) mass is 541 g/mol. The summed E-state index contributed by atoms with van der Waals surface area (Å²) in [4.78, 5) is 29.6. The number of alkyl carbamates (subject to hydrolysis) is 1. The summed E-state index contributed by atoms with van der Waals surface area (Å²) in [5, 5.41) is 24.2. The van der Waals surface area contributed by atoms with E-state index in [1.165, 1.54) is 24.3 Å². The van der Waals surface area contributed by atoms with Crippen LogP contribution in [0.2, 0.25) is 0 Å². The lowest BCUT2D eigenvalue weighted by molar-refractivity contribution is -0.131. The van der Waals surface area contributed by atoms with E-state index < -0.39 is 35.7 Å². The van der Waals surface area contributed by atoms with Gasteiger partial charge in [-0.25, -0.2) is 9.18 Å². The number of carbonyl (C=O) groups is 2. The summed E-state index contributed by atoms with van der Waals surface area (Å²) in [7, 11) is 0. The first-order valence-corrected chi connectivity index (χ1v) is 13.0. The lowest BCUT2D eigenvalue weighted by atomic mass is 9.87. The molecule has 11 heteroatoms. The van der Waals surface area contributed by atoms with Gasteiger partial charge >= 0.3 is 6.09 Å². The Morgan fingerprint density at radius 1 is 1.15 bits per heavy atom. The molecular formula is C28H36FN5O5. The molecule has 0 aliphatic carbocycles. The second-order valence-corrected chi connectivity index (χ2v) is 10.4. The standard InChI is InChI=1S/C28H36FN5O5/c1-5-6-9-21(24(35)25(36)31-17-18-8-7-14-30-16-18)32-27(37)38-22(28(2,3)4)15-23-33-34-26(39-23)19-10-12-20(29)13-11-19/h7-8,10-14,16,21-22,24,35H,5-6,9,15,17H2,1-4H3,(H,31,36)(H,32,37)/t21-,22+,24+/m0/s1. The molecule has 10 nitrogen and oxygen atoms in total. The second-order valence-electron chi connectivity index (χ2n) is 10.4. The number of aliphatic hydroxyl groups is 1. The minimum atomic E-state index is -1.47. The minimum Gasteiger partial charge on any atom is -0.445 e. The highest BCUT2D eigenvalue weighted by Crippen LogP contribution is 2.27. The highest BCUT2D eigenvalue weighted by atomic mass is 19.1. The van der Waals surface area contributed by atoms with E-state index in [0.717, 1.165) is 12.0 Å². The number of hydrogen-bond acceptors (Lipinski definition) is 8. The van der Waals surface area contributed by atoms with E-state index in [4.69, 9.17) is 9.15 Å². The van der Waals surface area contributed by atoms with Crippen LogP contribution in [0.4, 0.5) is 9.18 Å². The first kappa shape index (κ1) is 29.7. The predicted molar refractivity (Wildman–Crippen MR) is 142 cm³/mol. The molecule has 1 aromatic carbocycles. The van der Waals surface area contributed by atoms with E-state index >= 15 is 0 Å². The molecule has 210 valence electrons. The number of ether oxygens (including phenoxy) is 1. The number of hydrogen-bond donors (Lipinski definition) is 3. The van der Waals surface area contributed by atoms with Crippen molar-refractivity contribution in [2.75, 3.05) is 0 Å². The van der Waals surface area contributed by atoms with Gasteiger partial charge in [-0.15, -0.1) is 10.2 Å². The van der Waals surface area contributed by atoms with Crippen molar-refractivity contribution < 1.29 is 28.2 Å². The van der Waals surface area contributed by atoms with Crippen LogP contribution in [0.15, 0.2) is 53.2 Å². The Balaban J connectivity index is 1.63. The van der Waals surface area contributed by atoms with Gasteiger partial charge in [-0.2, -0.15) is 0 Å². The molecule has 0 spiro atoms. The minimum absolute atomic E-state index is 0.138. The zero-order valence-corrected chi connectivity index (χ0v) is 22.7. The number of benzene rings is 1. The van der Waals surface area contributed by atoms with Crippen molar-refractivity contribution >= 4 is 12.0 Å². The molecule has 0 unspecified atom stereocenters. The van der Waals surface area contributed by atoms with E-state index in [0.29, 0.717) is 18.4 Å². The quantitative estimate of drug-likeness (QED) is 0.310. The van der Waals surface area contributed by atoms with Gasteiger partial charge < -0.3 is 24.9 Å². The molecule has 0 fully saturated rings. The van der Waals surface area contributed by atoms with E-state index in [2.05, 4.69) is 25.8 Å².